The van der Waals surface area contributed by atoms with Crippen molar-refractivity contribution < 1.29 is 13.9 Å². The number of nitrogens with one attached hydrogen (secondary N) is 1. The van der Waals surface area contributed by atoms with E-state index >= 15 is 0 Å². The third kappa shape index (κ3) is 4.69. The lowest BCUT2D eigenvalue weighted by atomic mass is 10.1. The van der Waals surface area contributed by atoms with E-state index in [0.29, 0.717) is 40.6 Å². The summed E-state index contributed by atoms with van der Waals surface area (Å²) in [7, 11) is 1.69. The first-order valence-electron chi connectivity index (χ1n) is 11.3. The lowest BCUT2D eigenvalue weighted by Gasteiger charge is -2.34. The molecule has 1 N–H and O–H groups in total. The number of rotatable bonds is 6. The normalized spacial score (nSPS) is 17.7. The molecule has 3 aromatic rings. The second-order valence-corrected chi connectivity index (χ2v) is 9.01. The number of hydrogen-bond acceptors (Lipinski definition) is 6. The molecule has 0 aliphatic carbocycles. The first-order chi connectivity index (χ1) is 16.5. The van der Waals surface area contributed by atoms with Crippen LogP contribution in [0.2, 0.25) is 5.02 Å². The van der Waals surface area contributed by atoms with Crippen LogP contribution in [0.25, 0.3) is 11.4 Å². The molecule has 1 fully saturated rings. The minimum Gasteiger partial charge on any atom is -0.492 e. The SMILES string of the molecule is CN1C(=O)CN(Cc2ccc(Cl)cc2F)c2nc(-c3ccc(OC[C@@H]4CCCN4)cc3)ncc21. The molecule has 5 rings (SSSR count). The van der Waals surface area contributed by atoms with E-state index in [1.54, 1.807) is 30.3 Å². The standard InChI is InChI=1S/C25H25ClFN5O2/c1-31-22-12-29-24(16-5-8-20(9-6-16)34-15-19-3-2-10-28-19)30-25(22)32(14-23(31)33)13-17-4-7-18(26)11-21(17)27/h4-9,11-12,19,28H,2-3,10,13-15H2,1H3/t19-/m0/s1. The van der Waals surface area contributed by atoms with E-state index in [1.165, 1.54) is 17.4 Å². The van der Waals surface area contributed by atoms with Gasteiger partial charge in [0.05, 0.1) is 12.7 Å². The molecular formula is C25H25ClFN5O2. The van der Waals surface area contributed by atoms with Crippen molar-refractivity contribution in [2.75, 3.05) is 36.5 Å². The van der Waals surface area contributed by atoms with Crippen molar-refractivity contribution in [2.45, 2.75) is 25.4 Å². The van der Waals surface area contributed by atoms with E-state index in [4.69, 9.17) is 21.3 Å². The molecule has 0 unspecified atom stereocenters. The highest BCUT2D eigenvalue weighted by Gasteiger charge is 2.29. The number of aromatic nitrogens is 2. The van der Waals surface area contributed by atoms with Gasteiger partial charge in [-0.05, 0) is 55.8 Å². The first-order valence-corrected chi connectivity index (χ1v) is 11.6. The third-order valence-corrected chi connectivity index (χ3v) is 6.45. The highest BCUT2D eigenvalue weighted by atomic mass is 35.5. The van der Waals surface area contributed by atoms with Crippen LogP contribution in [0, 0.1) is 5.82 Å². The molecule has 1 aromatic heterocycles. The summed E-state index contributed by atoms with van der Waals surface area (Å²) in [6.07, 6.45) is 3.95. The maximum absolute atomic E-state index is 14.4. The molecule has 176 valence electrons. The Kier molecular flexibility index (Phi) is 6.34. The Hall–Kier alpha value is -3.23. The Labute approximate surface area is 202 Å². The minimum atomic E-state index is -0.418. The Morgan fingerprint density at radius 1 is 1.24 bits per heavy atom. The third-order valence-electron chi connectivity index (χ3n) is 6.21. The van der Waals surface area contributed by atoms with Gasteiger partial charge in [-0.25, -0.2) is 14.4 Å². The van der Waals surface area contributed by atoms with Gasteiger partial charge in [-0.2, -0.15) is 0 Å². The number of halogens is 2. The van der Waals surface area contributed by atoms with E-state index in [0.717, 1.165) is 24.3 Å². The van der Waals surface area contributed by atoms with Gasteiger partial charge in [0, 0.05) is 35.8 Å². The van der Waals surface area contributed by atoms with Crippen LogP contribution in [0.5, 0.6) is 5.75 Å². The van der Waals surface area contributed by atoms with Gasteiger partial charge in [0.2, 0.25) is 5.91 Å². The van der Waals surface area contributed by atoms with Crippen molar-refractivity contribution in [3.8, 4) is 17.1 Å². The molecular weight excluding hydrogens is 457 g/mol. The second-order valence-electron chi connectivity index (χ2n) is 8.58. The molecule has 7 nitrogen and oxygen atoms in total. The molecule has 1 saturated heterocycles. The van der Waals surface area contributed by atoms with Crippen LogP contribution in [0.15, 0.2) is 48.7 Å². The molecule has 2 aliphatic rings. The lowest BCUT2D eigenvalue weighted by Crippen LogP contribution is -2.44. The number of fused-ring (bicyclic) bond motifs is 1. The summed E-state index contributed by atoms with van der Waals surface area (Å²) in [5.41, 5.74) is 1.84. The Morgan fingerprint density at radius 3 is 2.79 bits per heavy atom. The molecule has 1 atom stereocenters. The van der Waals surface area contributed by atoms with Crippen molar-refractivity contribution in [1.82, 2.24) is 15.3 Å². The number of nitrogens with zero attached hydrogens (tertiary/aromatic N) is 4. The van der Waals surface area contributed by atoms with E-state index in [2.05, 4.69) is 10.3 Å². The van der Waals surface area contributed by atoms with Crippen molar-refractivity contribution >= 4 is 29.0 Å². The predicted octanol–water partition coefficient (Wildman–Crippen LogP) is 4.05. The second kappa shape index (κ2) is 9.56. The number of amides is 1. The molecule has 0 bridgehead atoms. The van der Waals surface area contributed by atoms with Crippen molar-refractivity contribution in [3.63, 3.8) is 0 Å². The summed E-state index contributed by atoms with van der Waals surface area (Å²) < 4.78 is 20.3. The van der Waals surface area contributed by atoms with Crippen LogP contribution in [0.4, 0.5) is 15.9 Å². The largest absolute Gasteiger partial charge is 0.492 e. The van der Waals surface area contributed by atoms with Crippen LogP contribution in [-0.2, 0) is 11.3 Å². The monoisotopic (exact) mass is 481 g/mol. The average molecular weight is 482 g/mol. The van der Waals surface area contributed by atoms with Crippen LogP contribution >= 0.6 is 11.6 Å². The maximum atomic E-state index is 14.4. The lowest BCUT2D eigenvalue weighted by molar-refractivity contribution is -0.117. The molecule has 0 saturated carbocycles. The van der Waals surface area contributed by atoms with Gasteiger partial charge in [-0.15, -0.1) is 0 Å². The molecule has 34 heavy (non-hydrogen) atoms. The van der Waals surface area contributed by atoms with Crippen LogP contribution < -0.4 is 19.9 Å². The first kappa shape index (κ1) is 22.6. The highest BCUT2D eigenvalue weighted by Crippen LogP contribution is 2.34. The van der Waals surface area contributed by atoms with Gasteiger partial charge in [0.1, 0.15) is 23.9 Å². The van der Waals surface area contributed by atoms with Crippen molar-refractivity contribution in [3.05, 3.63) is 65.1 Å². The molecule has 0 spiro atoms. The summed E-state index contributed by atoms with van der Waals surface area (Å²) >= 11 is 5.89. The average Bonchev–Trinajstić information content (AvgIpc) is 3.36. The zero-order valence-electron chi connectivity index (χ0n) is 18.8. The fourth-order valence-corrected chi connectivity index (χ4v) is 4.39. The zero-order valence-corrected chi connectivity index (χ0v) is 19.6. The van der Waals surface area contributed by atoms with Gasteiger partial charge >= 0.3 is 0 Å². The fourth-order valence-electron chi connectivity index (χ4n) is 4.24. The van der Waals surface area contributed by atoms with Crippen LogP contribution in [0.3, 0.4) is 0 Å². The van der Waals surface area contributed by atoms with Gasteiger partial charge in [-0.3, -0.25) is 4.79 Å². The van der Waals surface area contributed by atoms with Crippen molar-refractivity contribution in [1.29, 1.82) is 0 Å². The van der Waals surface area contributed by atoms with E-state index in [1.807, 2.05) is 24.3 Å². The number of carbonyl (C=O) groups excluding carboxylic acids is 1. The Balaban J connectivity index is 1.39. The number of benzene rings is 2. The number of carbonyl (C=O) groups is 1. The van der Waals surface area contributed by atoms with Gasteiger partial charge in [0.15, 0.2) is 11.6 Å². The van der Waals surface area contributed by atoms with Crippen LogP contribution in [0.1, 0.15) is 18.4 Å². The van der Waals surface area contributed by atoms with E-state index in [-0.39, 0.29) is 19.0 Å². The summed E-state index contributed by atoms with van der Waals surface area (Å²) in [6, 6.07) is 12.6. The topological polar surface area (TPSA) is 70.6 Å². The van der Waals surface area contributed by atoms with Gasteiger partial charge in [0.25, 0.3) is 0 Å². The number of likely N-dealkylation sites (N-methyl/N-ethyl adjacent to an activating group) is 1. The summed E-state index contributed by atoms with van der Waals surface area (Å²) in [5.74, 6) is 1.36. The molecule has 9 heteroatoms. The number of hydrogen-bond donors (Lipinski definition) is 1. The minimum absolute atomic E-state index is 0.0873. The van der Waals surface area contributed by atoms with Gasteiger partial charge in [-0.1, -0.05) is 17.7 Å². The smallest absolute Gasteiger partial charge is 0.246 e. The molecule has 0 radical (unpaired) electrons. The fraction of sp³-hybridized carbons (Fsp3) is 0.320. The molecule has 2 aliphatic heterocycles. The molecule has 1 amide bonds. The zero-order chi connectivity index (χ0) is 23.7. The summed E-state index contributed by atoms with van der Waals surface area (Å²) in [4.78, 5) is 25.1. The quantitative estimate of drug-likeness (QED) is 0.572. The van der Waals surface area contributed by atoms with Gasteiger partial charge < -0.3 is 19.9 Å². The predicted molar refractivity (Wildman–Crippen MR) is 130 cm³/mol. The maximum Gasteiger partial charge on any atom is 0.246 e. The Morgan fingerprint density at radius 2 is 2.06 bits per heavy atom. The summed E-state index contributed by atoms with van der Waals surface area (Å²) in [6.45, 7) is 1.97. The van der Waals surface area contributed by atoms with Crippen LogP contribution in [-0.4, -0.2) is 48.7 Å². The molecule has 2 aromatic carbocycles. The van der Waals surface area contributed by atoms with E-state index < -0.39 is 5.82 Å². The molecule has 3 heterocycles. The van der Waals surface area contributed by atoms with Crippen molar-refractivity contribution in [2.24, 2.45) is 0 Å². The number of ether oxygens (including phenoxy) is 1. The van der Waals surface area contributed by atoms with E-state index in [9.17, 15) is 9.18 Å². The number of anilines is 2. The highest BCUT2D eigenvalue weighted by molar-refractivity contribution is 6.30. The Bertz CT molecular complexity index is 1200. The summed E-state index contributed by atoms with van der Waals surface area (Å²) in [5, 5.41) is 3.75.